The number of carbonyl (C=O) groups is 2. The lowest BCUT2D eigenvalue weighted by Crippen LogP contribution is -2.58. The molecule has 142 valence electrons. The number of nitrogens with one attached hydrogen (secondary N) is 2. The smallest absolute Gasteiger partial charge is 0.378 e. The zero-order valence-corrected chi connectivity index (χ0v) is 14.6. The molecule has 3 saturated heterocycles. The zero-order valence-electron chi connectivity index (χ0n) is 13.8. The molecular weight excluding hydrogens is 356 g/mol. The van der Waals surface area contributed by atoms with Crippen molar-refractivity contribution in [2.45, 2.75) is 43.5 Å². The highest BCUT2D eigenvalue weighted by atomic mass is 32.3. The maximum absolute atomic E-state index is 12.6. The van der Waals surface area contributed by atoms with Gasteiger partial charge < -0.3 is 20.3 Å². The summed E-state index contributed by atoms with van der Waals surface area (Å²) in [5, 5.41) is 6.75. The van der Waals surface area contributed by atoms with E-state index in [1.807, 2.05) is 0 Å². The molecule has 0 aromatic heterocycles. The van der Waals surface area contributed by atoms with Gasteiger partial charge in [-0.05, 0) is 25.8 Å². The van der Waals surface area contributed by atoms with Crippen molar-refractivity contribution in [3.05, 3.63) is 0 Å². The first kappa shape index (κ1) is 18.3. The van der Waals surface area contributed by atoms with E-state index in [-0.39, 0.29) is 24.6 Å². The van der Waals surface area contributed by atoms with Crippen LogP contribution in [-0.2, 0) is 24.2 Å². The molecule has 3 aliphatic heterocycles. The van der Waals surface area contributed by atoms with E-state index in [4.69, 9.17) is 9.29 Å². The zero-order chi connectivity index (χ0) is 18.2. The van der Waals surface area contributed by atoms with Crippen LogP contribution in [0.15, 0.2) is 0 Å². The van der Waals surface area contributed by atoms with Crippen LogP contribution < -0.4 is 10.6 Å². The Hall–Kier alpha value is -1.47. The molecule has 3 heterocycles. The molecule has 0 aliphatic carbocycles. The number of hydroxylamine groups is 2. The van der Waals surface area contributed by atoms with Gasteiger partial charge in [0.15, 0.2) is 0 Å². The number of nitrogens with zero attached hydrogens (tertiary/aromatic N) is 2. The summed E-state index contributed by atoms with van der Waals surface area (Å²) in [6, 6.07) is -2.11. The highest BCUT2D eigenvalue weighted by molar-refractivity contribution is 7.80. The van der Waals surface area contributed by atoms with E-state index in [1.54, 1.807) is 7.11 Å². The fourth-order valence-electron chi connectivity index (χ4n) is 3.63. The number of urea groups is 1. The standard InChI is InChI=1S/C13H22N4O7S/c1-23-11-6-14-5-4-9(11)15-12(18)10-3-2-8-7-16(10)13(19)17(8)24-25(20,21)22/h8-11,14H,2-7H2,1H3,(H,15,18)(H,20,21,22)/t8-,9?,10+,11?/m1/s1. The lowest BCUT2D eigenvalue weighted by Gasteiger charge is -2.35. The molecule has 3 aliphatic rings. The van der Waals surface area contributed by atoms with Crippen molar-refractivity contribution in [1.29, 1.82) is 0 Å². The number of rotatable bonds is 5. The normalized spacial score (nSPS) is 32.8. The third kappa shape index (κ3) is 3.87. The van der Waals surface area contributed by atoms with Gasteiger partial charge in [0.1, 0.15) is 6.04 Å². The molecule has 25 heavy (non-hydrogen) atoms. The van der Waals surface area contributed by atoms with Gasteiger partial charge in [0.05, 0.1) is 18.2 Å². The predicted molar refractivity (Wildman–Crippen MR) is 83.6 cm³/mol. The largest absolute Gasteiger partial charge is 0.418 e. The Morgan fingerprint density at radius 2 is 2.12 bits per heavy atom. The van der Waals surface area contributed by atoms with E-state index in [0.717, 1.165) is 6.54 Å². The minimum Gasteiger partial charge on any atom is -0.378 e. The third-order valence-electron chi connectivity index (χ3n) is 4.86. The first-order chi connectivity index (χ1) is 11.8. The van der Waals surface area contributed by atoms with Crippen LogP contribution in [-0.4, -0.2) is 85.8 Å². The van der Waals surface area contributed by atoms with Gasteiger partial charge >= 0.3 is 16.4 Å². The van der Waals surface area contributed by atoms with Crippen molar-refractivity contribution in [2.75, 3.05) is 26.7 Å². The second-order valence-electron chi connectivity index (χ2n) is 6.39. The number of piperidine rings is 2. The van der Waals surface area contributed by atoms with Crippen LogP contribution in [0.4, 0.5) is 4.79 Å². The van der Waals surface area contributed by atoms with Crippen LogP contribution in [0, 0.1) is 0 Å². The molecule has 0 spiro atoms. The molecule has 3 fully saturated rings. The number of amides is 3. The Bertz CT molecular complexity index is 642. The van der Waals surface area contributed by atoms with Gasteiger partial charge in [-0.25, -0.2) is 4.79 Å². The molecule has 3 rings (SSSR count). The van der Waals surface area contributed by atoms with Gasteiger partial charge in [-0.15, -0.1) is 4.28 Å². The number of hydrogen-bond acceptors (Lipinski definition) is 7. The first-order valence-electron chi connectivity index (χ1n) is 8.11. The van der Waals surface area contributed by atoms with Gasteiger partial charge in [0, 0.05) is 20.2 Å². The van der Waals surface area contributed by atoms with Crippen LogP contribution in [0.5, 0.6) is 0 Å². The maximum atomic E-state index is 12.6. The van der Waals surface area contributed by atoms with Crippen LogP contribution in [0.25, 0.3) is 0 Å². The molecule has 2 bridgehead atoms. The van der Waals surface area contributed by atoms with Crippen LogP contribution in [0.2, 0.25) is 0 Å². The van der Waals surface area contributed by atoms with Crippen molar-refractivity contribution in [2.24, 2.45) is 0 Å². The van der Waals surface area contributed by atoms with Gasteiger partial charge in [0.2, 0.25) is 5.91 Å². The van der Waals surface area contributed by atoms with Gasteiger partial charge in [-0.1, -0.05) is 0 Å². The molecule has 12 heteroatoms. The monoisotopic (exact) mass is 378 g/mol. The topological polar surface area (TPSA) is 138 Å². The van der Waals surface area contributed by atoms with E-state index >= 15 is 0 Å². The quantitative estimate of drug-likeness (QED) is 0.491. The van der Waals surface area contributed by atoms with Crippen molar-refractivity contribution >= 4 is 22.3 Å². The molecule has 0 radical (unpaired) electrons. The van der Waals surface area contributed by atoms with Crippen molar-refractivity contribution < 1.29 is 31.6 Å². The fraction of sp³-hybridized carbons (Fsp3) is 0.846. The molecule has 0 saturated carbocycles. The predicted octanol–water partition coefficient (Wildman–Crippen LogP) is -1.52. The number of ether oxygens (including phenoxy) is 1. The molecule has 3 amide bonds. The lowest BCUT2D eigenvalue weighted by atomic mass is 9.98. The molecule has 2 unspecified atom stereocenters. The fourth-order valence-corrected chi connectivity index (χ4v) is 4.01. The average Bonchev–Trinajstić information content (AvgIpc) is 2.79. The highest BCUT2D eigenvalue weighted by Crippen LogP contribution is 2.30. The number of methoxy groups -OCH3 is 1. The molecule has 0 aromatic rings. The second-order valence-corrected chi connectivity index (χ2v) is 7.40. The van der Waals surface area contributed by atoms with Crippen LogP contribution in [0.3, 0.4) is 0 Å². The third-order valence-corrected chi connectivity index (χ3v) is 5.21. The Labute approximate surface area is 145 Å². The molecular formula is C13H22N4O7S. The summed E-state index contributed by atoms with van der Waals surface area (Å²) in [6.07, 6.45) is 1.35. The lowest BCUT2D eigenvalue weighted by molar-refractivity contribution is -0.128. The Morgan fingerprint density at radius 3 is 2.80 bits per heavy atom. The van der Waals surface area contributed by atoms with Crippen molar-refractivity contribution in [3.63, 3.8) is 0 Å². The first-order valence-corrected chi connectivity index (χ1v) is 9.47. The van der Waals surface area contributed by atoms with E-state index in [1.165, 1.54) is 4.90 Å². The number of carbonyl (C=O) groups excluding carboxylic acids is 2. The summed E-state index contributed by atoms with van der Waals surface area (Å²) >= 11 is 0. The average molecular weight is 378 g/mol. The molecule has 11 nitrogen and oxygen atoms in total. The summed E-state index contributed by atoms with van der Waals surface area (Å²) in [6.45, 7) is 1.56. The second kappa shape index (κ2) is 7.03. The van der Waals surface area contributed by atoms with Gasteiger partial charge in [-0.3, -0.25) is 9.35 Å². The number of hydrogen-bond donors (Lipinski definition) is 3. The van der Waals surface area contributed by atoms with Crippen LogP contribution >= 0.6 is 0 Å². The summed E-state index contributed by atoms with van der Waals surface area (Å²) in [5.74, 6) is -0.297. The molecule has 4 atom stereocenters. The minimum atomic E-state index is -4.80. The Kier molecular flexibility index (Phi) is 5.16. The molecule has 0 aromatic carbocycles. The summed E-state index contributed by atoms with van der Waals surface area (Å²) in [7, 11) is -3.22. The van der Waals surface area contributed by atoms with E-state index in [2.05, 4.69) is 14.9 Å². The van der Waals surface area contributed by atoms with E-state index in [9.17, 15) is 18.0 Å². The summed E-state index contributed by atoms with van der Waals surface area (Å²) in [5.41, 5.74) is 0. The van der Waals surface area contributed by atoms with Gasteiger partial charge in [-0.2, -0.15) is 13.5 Å². The minimum absolute atomic E-state index is 0.150. The van der Waals surface area contributed by atoms with Crippen molar-refractivity contribution in [3.8, 4) is 0 Å². The highest BCUT2D eigenvalue weighted by Gasteiger charge is 2.49. The molecule has 3 N–H and O–H groups in total. The number of fused-ring (bicyclic) bond motifs is 2. The van der Waals surface area contributed by atoms with Gasteiger partial charge in [0.25, 0.3) is 0 Å². The maximum Gasteiger partial charge on any atom is 0.418 e. The van der Waals surface area contributed by atoms with Crippen LogP contribution in [0.1, 0.15) is 19.3 Å². The van der Waals surface area contributed by atoms with E-state index in [0.29, 0.717) is 30.9 Å². The van der Waals surface area contributed by atoms with Crippen molar-refractivity contribution in [1.82, 2.24) is 20.6 Å². The summed E-state index contributed by atoms with van der Waals surface area (Å²) < 4.78 is 40.3. The Balaban J connectivity index is 1.66. The summed E-state index contributed by atoms with van der Waals surface area (Å²) in [4.78, 5) is 26.2. The van der Waals surface area contributed by atoms with E-state index < -0.39 is 28.5 Å². The Morgan fingerprint density at radius 1 is 1.36 bits per heavy atom. The SMILES string of the molecule is COC1CNCCC1NC(=O)[C@@H]1CC[C@@H]2CN1C(=O)N2OS(=O)(=O)O.